The van der Waals surface area contributed by atoms with Crippen LogP contribution in [0.1, 0.15) is 25.0 Å². The molecule has 4 aromatic heterocycles. The lowest BCUT2D eigenvalue weighted by Gasteiger charge is -2.21. The van der Waals surface area contributed by atoms with Gasteiger partial charge in [-0.15, -0.1) is 0 Å². The zero-order valence-corrected chi connectivity index (χ0v) is 24.7. The highest BCUT2D eigenvalue weighted by atomic mass is 16.3. The number of fused-ring (bicyclic) bond motifs is 14. The first kappa shape index (κ1) is 23.7. The van der Waals surface area contributed by atoms with E-state index in [2.05, 4.69) is 103 Å². The maximum absolute atomic E-state index is 6.36. The van der Waals surface area contributed by atoms with Crippen molar-refractivity contribution in [2.24, 2.45) is 0 Å². The molecule has 0 amide bonds. The number of benzene rings is 6. The molecule has 4 nitrogen and oxygen atoms in total. The second-order valence-electron chi connectivity index (χ2n) is 13.0. The Morgan fingerprint density at radius 1 is 0.556 bits per heavy atom. The molecule has 0 bridgehead atoms. The van der Waals surface area contributed by atoms with Crippen molar-refractivity contribution in [1.29, 1.82) is 0 Å². The summed E-state index contributed by atoms with van der Waals surface area (Å²) in [5.41, 5.74) is 15.4. The molecule has 45 heavy (non-hydrogen) atoms. The number of aromatic nitrogens is 3. The van der Waals surface area contributed by atoms with Gasteiger partial charge in [0.25, 0.3) is 0 Å². The Kier molecular flexibility index (Phi) is 4.13. The minimum Gasteiger partial charge on any atom is -0.456 e. The third-order valence-corrected chi connectivity index (χ3v) is 10.3. The minimum absolute atomic E-state index is 0.0236. The predicted octanol–water partition coefficient (Wildman–Crippen LogP) is 10.7. The minimum atomic E-state index is -0.0236. The molecule has 6 aromatic carbocycles. The van der Waals surface area contributed by atoms with Gasteiger partial charge in [0.05, 0.1) is 27.5 Å². The number of para-hydroxylation sites is 3. The van der Waals surface area contributed by atoms with E-state index in [1.54, 1.807) is 0 Å². The van der Waals surface area contributed by atoms with Crippen LogP contribution in [0.25, 0.3) is 93.6 Å². The lowest BCUT2D eigenvalue weighted by Crippen LogP contribution is -2.14. The van der Waals surface area contributed by atoms with Crippen LogP contribution in [-0.4, -0.2) is 14.4 Å². The molecule has 0 atom stereocenters. The summed E-state index contributed by atoms with van der Waals surface area (Å²) >= 11 is 0. The summed E-state index contributed by atoms with van der Waals surface area (Å²) in [6.07, 6.45) is 0. The summed E-state index contributed by atoms with van der Waals surface area (Å²) in [5, 5.41) is 5.75. The topological polar surface area (TPSA) is 43.3 Å². The highest BCUT2D eigenvalue weighted by Gasteiger charge is 2.35. The normalized spacial score (nSPS) is 14.2. The number of hydrogen-bond donors (Lipinski definition) is 0. The molecule has 0 radical (unpaired) electrons. The van der Waals surface area contributed by atoms with Crippen LogP contribution in [-0.2, 0) is 5.41 Å². The molecule has 0 fully saturated rings. The average Bonchev–Trinajstić information content (AvgIpc) is 3.78. The van der Waals surface area contributed by atoms with Crippen molar-refractivity contribution in [3.05, 3.63) is 126 Å². The van der Waals surface area contributed by atoms with Gasteiger partial charge in [-0.3, -0.25) is 4.40 Å². The predicted molar refractivity (Wildman–Crippen MR) is 184 cm³/mol. The van der Waals surface area contributed by atoms with Crippen LogP contribution in [0.3, 0.4) is 0 Å². The van der Waals surface area contributed by atoms with E-state index in [9.17, 15) is 0 Å². The molecule has 0 N–H and O–H groups in total. The van der Waals surface area contributed by atoms with Gasteiger partial charge in [-0.25, -0.2) is 9.97 Å². The monoisotopic (exact) mass is 575 g/mol. The van der Waals surface area contributed by atoms with Gasteiger partial charge in [-0.1, -0.05) is 80.6 Å². The van der Waals surface area contributed by atoms with Crippen molar-refractivity contribution < 1.29 is 4.42 Å². The molecule has 1 aliphatic rings. The van der Waals surface area contributed by atoms with E-state index in [0.717, 1.165) is 60.6 Å². The maximum Gasteiger partial charge on any atom is 0.165 e. The van der Waals surface area contributed by atoms with Crippen LogP contribution in [0.4, 0.5) is 0 Å². The fourth-order valence-electron chi connectivity index (χ4n) is 8.23. The Bertz CT molecular complexity index is 2910. The Hall–Kier alpha value is -5.74. The quantitative estimate of drug-likeness (QED) is 0.196. The molecule has 0 aliphatic heterocycles. The Morgan fingerprint density at radius 2 is 1.31 bits per heavy atom. The lowest BCUT2D eigenvalue weighted by molar-refractivity contribution is 0.660. The molecular formula is C41H25N3O. The number of rotatable bonds is 1. The first-order valence-corrected chi connectivity index (χ1v) is 15.5. The van der Waals surface area contributed by atoms with Gasteiger partial charge in [0.2, 0.25) is 0 Å². The van der Waals surface area contributed by atoms with E-state index < -0.39 is 0 Å². The van der Waals surface area contributed by atoms with E-state index in [1.807, 2.05) is 30.3 Å². The molecule has 0 spiro atoms. The van der Waals surface area contributed by atoms with E-state index in [0.29, 0.717) is 0 Å². The molecule has 1 aliphatic carbocycles. The van der Waals surface area contributed by atoms with Gasteiger partial charge >= 0.3 is 0 Å². The van der Waals surface area contributed by atoms with Crippen molar-refractivity contribution in [3.8, 4) is 22.3 Å². The third kappa shape index (κ3) is 2.83. The van der Waals surface area contributed by atoms with Crippen LogP contribution in [0, 0.1) is 0 Å². The fourth-order valence-corrected chi connectivity index (χ4v) is 8.23. The Balaban J connectivity index is 1.31. The summed E-state index contributed by atoms with van der Waals surface area (Å²) in [6.45, 7) is 4.66. The molecule has 210 valence electrons. The van der Waals surface area contributed by atoms with E-state index in [1.165, 1.54) is 44.2 Å². The molecule has 0 unspecified atom stereocenters. The molecule has 4 heterocycles. The van der Waals surface area contributed by atoms with Crippen molar-refractivity contribution >= 4 is 71.3 Å². The summed E-state index contributed by atoms with van der Waals surface area (Å²) in [4.78, 5) is 10.5. The maximum atomic E-state index is 6.36. The summed E-state index contributed by atoms with van der Waals surface area (Å²) < 4.78 is 8.70. The Labute approximate surface area is 257 Å². The molecule has 0 saturated heterocycles. The fraction of sp³-hybridized carbons (Fsp3) is 0.0732. The molecule has 4 heteroatoms. The zero-order chi connectivity index (χ0) is 29.6. The highest BCUT2D eigenvalue weighted by molar-refractivity contribution is 6.30. The van der Waals surface area contributed by atoms with Gasteiger partial charge in [0.15, 0.2) is 5.65 Å². The number of hydrogen-bond acceptors (Lipinski definition) is 3. The molecule has 11 rings (SSSR count). The van der Waals surface area contributed by atoms with Crippen molar-refractivity contribution in [2.45, 2.75) is 19.3 Å². The Morgan fingerprint density at radius 3 is 2.22 bits per heavy atom. The lowest BCUT2D eigenvalue weighted by atomic mass is 9.82. The van der Waals surface area contributed by atoms with Gasteiger partial charge in [-0.2, -0.15) is 0 Å². The summed E-state index contributed by atoms with van der Waals surface area (Å²) in [7, 11) is 0. The second kappa shape index (κ2) is 7.85. The van der Waals surface area contributed by atoms with Crippen LogP contribution < -0.4 is 0 Å². The van der Waals surface area contributed by atoms with Crippen LogP contribution in [0.15, 0.2) is 120 Å². The second-order valence-corrected chi connectivity index (χ2v) is 13.0. The summed E-state index contributed by atoms with van der Waals surface area (Å²) in [6, 6.07) is 41.4. The standard InChI is InChI=1S/C41H25N3O/c1-41(2)30-11-5-3-9-24(30)27-19-22(15-17-31(27)41)23-20-28-25-16-18-35-36(26-10-4-8-14-34(26)45-35)39(25)44-38(28)29(21-23)37-40(44)43-33-13-7-6-12-32(33)42-37/h3-21H,1-2H3. The van der Waals surface area contributed by atoms with Gasteiger partial charge in [0.1, 0.15) is 16.7 Å². The van der Waals surface area contributed by atoms with Crippen molar-refractivity contribution in [2.75, 3.05) is 0 Å². The SMILES string of the molecule is CC1(C)c2ccccc2-c2cc(-c3cc4c5ccc6oc7ccccc7c6c5n5c6nc7ccccc7nc6c(c3)c45)ccc21. The van der Waals surface area contributed by atoms with Crippen molar-refractivity contribution in [1.82, 2.24) is 14.4 Å². The number of nitrogens with zero attached hydrogens (tertiary/aromatic N) is 3. The van der Waals surface area contributed by atoms with Crippen LogP contribution in [0.5, 0.6) is 0 Å². The largest absolute Gasteiger partial charge is 0.456 e. The van der Waals surface area contributed by atoms with Gasteiger partial charge < -0.3 is 4.42 Å². The van der Waals surface area contributed by atoms with E-state index in [-0.39, 0.29) is 5.41 Å². The third-order valence-electron chi connectivity index (χ3n) is 10.3. The van der Waals surface area contributed by atoms with Crippen LogP contribution in [0.2, 0.25) is 0 Å². The van der Waals surface area contributed by atoms with E-state index in [4.69, 9.17) is 14.4 Å². The zero-order valence-electron chi connectivity index (χ0n) is 24.7. The molecular weight excluding hydrogens is 550 g/mol. The first-order chi connectivity index (χ1) is 22.1. The van der Waals surface area contributed by atoms with Gasteiger partial charge in [0, 0.05) is 27.0 Å². The molecule has 0 saturated carbocycles. The molecule has 10 aromatic rings. The summed E-state index contributed by atoms with van der Waals surface area (Å²) in [5.74, 6) is 0. The van der Waals surface area contributed by atoms with Gasteiger partial charge in [-0.05, 0) is 81.9 Å². The first-order valence-electron chi connectivity index (χ1n) is 15.5. The van der Waals surface area contributed by atoms with Crippen LogP contribution >= 0.6 is 0 Å². The number of furan rings is 1. The van der Waals surface area contributed by atoms with Crippen molar-refractivity contribution in [3.63, 3.8) is 0 Å². The highest BCUT2D eigenvalue weighted by Crippen LogP contribution is 2.50. The average molecular weight is 576 g/mol. The van der Waals surface area contributed by atoms with E-state index >= 15 is 0 Å². The smallest absolute Gasteiger partial charge is 0.165 e.